The van der Waals surface area contributed by atoms with Crippen LogP contribution < -0.4 is 9.47 Å². The van der Waals surface area contributed by atoms with E-state index in [9.17, 15) is 17.6 Å². The second-order valence-corrected chi connectivity index (χ2v) is 7.09. The molecule has 2 aromatic carbocycles. The minimum Gasteiger partial charge on any atom is -0.486 e. The molecule has 0 atom stereocenters. The van der Waals surface area contributed by atoms with E-state index < -0.39 is 18.2 Å². The first-order chi connectivity index (χ1) is 14.0. The Kier molecular flexibility index (Phi) is 5.56. The quantitative estimate of drug-likeness (QED) is 0.534. The third-order valence-corrected chi connectivity index (χ3v) is 5.02. The lowest BCUT2D eigenvalue weighted by Gasteiger charge is -2.18. The lowest BCUT2D eigenvalue weighted by atomic mass is 10.1. The minimum atomic E-state index is -2.96. The van der Waals surface area contributed by atoms with Gasteiger partial charge in [-0.2, -0.15) is 8.78 Å². The smallest absolute Gasteiger partial charge is 0.387 e. The molecule has 0 unspecified atom stereocenters. The van der Waals surface area contributed by atoms with Crippen molar-refractivity contribution in [3.63, 3.8) is 0 Å². The highest BCUT2D eigenvalue weighted by Gasteiger charge is 2.22. The average molecular weight is 405 g/mol. The molecule has 1 saturated carbocycles. The number of aliphatic imine (C=N–C) groups is 1. The van der Waals surface area contributed by atoms with Crippen LogP contribution >= 0.6 is 0 Å². The fourth-order valence-corrected chi connectivity index (χ4v) is 3.65. The Morgan fingerprint density at radius 3 is 2.55 bits per heavy atom. The van der Waals surface area contributed by atoms with E-state index in [1.165, 1.54) is 6.07 Å². The van der Waals surface area contributed by atoms with Gasteiger partial charge in [0.2, 0.25) is 0 Å². The van der Waals surface area contributed by atoms with Crippen molar-refractivity contribution in [2.75, 3.05) is 0 Å². The first kappa shape index (κ1) is 19.5. The summed E-state index contributed by atoms with van der Waals surface area (Å²) in [4.78, 5) is 4.30. The standard InChI is InChI=1S/C22H19F4NO2/c23-17-11-14-10-15(27-19(14)12-18(17)24)9-8-13-4-3-7-20(29-22(25)26)21(13)28-16-5-1-2-6-16/h3-4,7-9,11-12,16,22H,1-2,5-6,10H2/b9-8+. The van der Waals surface area contributed by atoms with Crippen molar-refractivity contribution in [3.8, 4) is 11.5 Å². The van der Waals surface area contributed by atoms with Crippen molar-refractivity contribution in [1.29, 1.82) is 0 Å². The number of fused-ring (bicyclic) bond motifs is 1. The summed E-state index contributed by atoms with van der Waals surface area (Å²) in [7, 11) is 0. The Bertz CT molecular complexity index is 966. The van der Waals surface area contributed by atoms with Crippen molar-refractivity contribution in [2.45, 2.75) is 44.8 Å². The van der Waals surface area contributed by atoms with Crippen LogP contribution in [0.1, 0.15) is 36.8 Å². The summed E-state index contributed by atoms with van der Waals surface area (Å²) in [5.74, 6) is -1.60. The van der Waals surface area contributed by atoms with Crippen LogP contribution in [0.5, 0.6) is 11.5 Å². The molecule has 0 radical (unpaired) electrons. The van der Waals surface area contributed by atoms with Gasteiger partial charge >= 0.3 is 6.61 Å². The number of alkyl halides is 2. The molecule has 1 heterocycles. The van der Waals surface area contributed by atoms with E-state index in [4.69, 9.17) is 4.74 Å². The Hall–Kier alpha value is -2.83. The minimum absolute atomic E-state index is 0.0187. The van der Waals surface area contributed by atoms with Gasteiger partial charge in [-0.3, -0.25) is 4.99 Å². The molecule has 1 aliphatic carbocycles. The number of hydrogen-bond acceptors (Lipinski definition) is 3. The molecule has 152 valence electrons. The Morgan fingerprint density at radius 1 is 1.03 bits per heavy atom. The number of benzene rings is 2. The molecule has 2 aliphatic rings. The van der Waals surface area contributed by atoms with Crippen LogP contribution in [0.25, 0.3) is 6.08 Å². The van der Waals surface area contributed by atoms with E-state index in [1.54, 1.807) is 24.3 Å². The van der Waals surface area contributed by atoms with Crippen molar-refractivity contribution in [3.05, 3.63) is 59.2 Å². The van der Waals surface area contributed by atoms with Gasteiger partial charge in [0.05, 0.1) is 11.8 Å². The molecule has 3 nitrogen and oxygen atoms in total. The van der Waals surface area contributed by atoms with Gasteiger partial charge in [-0.1, -0.05) is 12.1 Å². The summed E-state index contributed by atoms with van der Waals surface area (Å²) in [5, 5.41) is 0. The molecule has 7 heteroatoms. The highest BCUT2D eigenvalue weighted by Crippen LogP contribution is 2.37. The third-order valence-electron chi connectivity index (χ3n) is 5.02. The van der Waals surface area contributed by atoms with Gasteiger partial charge in [0.1, 0.15) is 0 Å². The average Bonchev–Trinajstić information content (AvgIpc) is 3.31. The fourth-order valence-electron chi connectivity index (χ4n) is 3.65. The van der Waals surface area contributed by atoms with Gasteiger partial charge < -0.3 is 9.47 Å². The summed E-state index contributed by atoms with van der Waals surface area (Å²) in [6.07, 6.45) is 7.51. The topological polar surface area (TPSA) is 30.8 Å². The lowest BCUT2D eigenvalue weighted by molar-refractivity contribution is -0.0520. The van der Waals surface area contributed by atoms with Crippen LogP contribution in [-0.4, -0.2) is 18.4 Å². The second-order valence-electron chi connectivity index (χ2n) is 7.09. The monoisotopic (exact) mass is 405 g/mol. The summed E-state index contributed by atoms with van der Waals surface area (Å²) in [5.41, 5.74) is 2.17. The highest BCUT2D eigenvalue weighted by molar-refractivity contribution is 6.04. The van der Waals surface area contributed by atoms with E-state index >= 15 is 0 Å². The molecule has 0 bridgehead atoms. The number of ether oxygens (including phenoxy) is 2. The maximum Gasteiger partial charge on any atom is 0.387 e. The van der Waals surface area contributed by atoms with E-state index in [0.717, 1.165) is 37.8 Å². The zero-order valence-corrected chi connectivity index (χ0v) is 15.5. The lowest BCUT2D eigenvalue weighted by Crippen LogP contribution is -2.13. The van der Waals surface area contributed by atoms with Crippen molar-refractivity contribution in [1.82, 2.24) is 0 Å². The number of para-hydroxylation sites is 1. The molecule has 4 rings (SSSR count). The van der Waals surface area contributed by atoms with E-state index in [2.05, 4.69) is 9.73 Å². The number of nitrogens with zero attached hydrogens (tertiary/aromatic N) is 1. The Labute approximate surface area is 165 Å². The molecule has 0 aromatic heterocycles. The van der Waals surface area contributed by atoms with Crippen molar-refractivity contribution >= 4 is 17.5 Å². The first-order valence-corrected chi connectivity index (χ1v) is 9.47. The van der Waals surface area contributed by atoms with Gasteiger partial charge in [-0.15, -0.1) is 0 Å². The van der Waals surface area contributed by atoms with Crippen LogP contribution in [0.3, 0.4) is 0 Å². The van der Waals surface area contributed by atoms with Crippen LogP contribution in [0, 0.1) is 11.6 Å². The van der Waals surface area contributed by atoms with Crippen LogP contribution in [0.15, 0.2) is 41.4 Å². The predicted octanol–water partition coefficient (Wildman–Crippen LogP) is 6.23. The molecule has 0 N–H and O–H groups in total. The summed E-state index contributed by atoms with van der Waals surface area (Å²) in [6.45, 7) is -2.96. The number of rotatable bonds is 6. The summed E-state index contributed by atoms with van der Waals surface area (Å²) in [6, 6.07) is 7.00. The first-order valence-electron chi connectivity index (χ1n) is 9.47. The number of halogens is 4. The highest BCUT2D eigenvalue weighted by atomic mass is 19.3. The molecule has 0 amide bonds. The molecular formula is C22H19F4NO2. The predicted molar refractivity (Wildman–Crippen MR) is 102 cm³/mol. The van der Waals surface area contributed by atoms with E-state index in [0.29, 0.717) is 28.9 Å². The largest absolute Gasteiger partial charge is 0.486 e. The SMILES string of the molecule is Fc1cc2c(cc1F)N=C(/C=C/c1cccc(OC(F)F)c1OC1CCCC1)C2. The van der Waals surface area contributed by atoms with Crippen LogP contribution in [-0.2, 0) is 6.42 Å². The Morgan fingerprint density at radius 2 is 1.79 bits per heavy atom. The van der Waals surface area contributed by atoms with E-state index in [1.807, 2.05) is 0 Å². The molecule has 0 saturated heterocycles. The van der Waals surface area contributed by atoms with Gasteiger partial charge in [0, 0.05) is 23.8 Å². The molecule has 1 aliphatic heterocycles. The molecule has 1 fully saturated rings. The maximum absolute atomic E-state index is 13.4. The van der Waals surface area contributed by atoms with Crippen molar-refractivity contribution in [2.24, 2.45) is 4.99 Å². The molecule has 29 heavy (non-hydrogen) atoms. The number of allylic oxidation sites excluding steroid dienone is 1. The van der Waals surface area contributed by atoms with Crippen LogP contribution in [0.4, 0.5) is 23.2 Å². The maximum atomic E-state index is 13.4. The zero-order valence-electron chi connectivity index (χ0n) is 15.5. The van der Waals surface area contributed by atoms with Crippen molar-refractivity contribution < 1.29 is 27.0 Å². The fraction of sp³-hybridized carbons (Fsp3) is 0.318. The summed E-state index contributed by atoms with van der Waals surface area (Å²) >= 11 is 0. The van der Waals surface area contributed by atoms with Gasteiger partial charge in [0.15, 0.2) is 23.1 Å². The number of hydrogen-bond donors (Lipinski definition) is 0. The zero-order chi connectivity index (χ0) is 20.4. The van der Waals surface area contributed by atoms with Gasteiger partial charge in [-0.05, 0) is 55.5 Å². The van der Waals surface area contributed by atoms with Crippen LogP contribution in [0.2, 0.25) is 0 Å². The van der Waals surface area contributed by atoms with E-state index in [-0.39, 0.29) is 17.6 Å². The third kappa shape index (κ3) is 4.44. The molecule has 0 spiro atoms. The molecule has 2 aromatic rings. The van der Waals surface area contributed by atoms with Gasteiger partial charge in [-0.25, -0.2) is 8.78 Å². The molecular weight excluding hydrogens is 386 g/mol. The second kappa shape index (κ2) is 8.27. The normalized spacial score (nSPS) is 16.5. The summed E-state index contributed by atoms with van der Waals surface area (Å²) < 4.78 is 63.1. The van der Waals surface area contributed by atoms with Gasteiger partial charge in [0.25, 0.3) is 0 Å². The Balaban J connectivity index is 1.60.